The number of thiazole rings is 1. The molecule has 0 saturated carbocycles. The Bertz CT molecular complexity index is 1720. The molecule has 40 heavy (non-hydrogen) atoms. The zero-order valence-electron chi connectivity index (χ0n) is 22.2. The number of carbonyl (C=O) groups is 2. The van der Waals surface area contributed by atoms with Crippen molar-refractivity contribution in [2.24, 2.45) is 0 Å². The third-order valence-corrected chi connectivity index (χ3v) is 6.70. The summed E-state index contributed by atoms with van der Waals surface area (Å²) in [5, 5.41) is 12.5. The Balaban J connectivity index is 1.34. The number of ether oxygens (including phenoxy) is 1. The molecule has 5 rings (SSSR count). The van der Waals surface area contributed by atoms with Gasteiger partial charge in [-0.25, -0.2) is 18.9 Å². The summed E-state index contributed by atoms with van der Waals surface area (Å²) in [5.74, 6) is -0.164. The SMILES string of the molecule is CNC(=O)c1cc(Oc2ccc(NC(=O)Nc3cc(C(C)(C)C)nn3-c3ccc4scnc4c3)c(F)c2)ccn1. The number of halogens is 1. The number of rotatable bonds is 6. The van der Waals surface area contributed by atoms with Crippen molar-refractivity contribution in [2.75, 3.05) is 17.7 Å². The van der Waals surface area contributed by atoms with Gasteiger partial charge in [-0.2, -0.15) is 5.10 Å². The molecule has 3 amide bonds. The smallest absolute Gasteiger partial charge is 0.324 e. The van der Waals surface area contributed by atoms with Crippen LogP contribution in [0, 0.1) is 5.82 Å². The van der Waals surface area contributed by atoms with Gasteiger partial charge in [0, 0.05) is 36.9 Å². The van der Waals surface area contributed by atoms with E-state index in [2.05, 4.69) is 25.9 Å². The highest BCUT2D eigenvalue weighted by molar-refractivity contribution is 7.16. The monoisotopic (exact) mass is 559 g/mol. The number of nitrogens with one attached hydrogen (secondary N) is 3. The molecule has 3 heterocycles. The van der Waals surface area contributed by atoms with Gasteiger partial charge in [0.15, 0.2) is 0 Å². The number of hydrogen-bond acceptors (Lipinski definition) is 7. The minimum atomic E-state index is -0.703. The maximum absolute atomic E-state index is 14.9. The summed E-state index contributed by atoms with van der Waals surface area (Å²) in [6, 6.07) is 13.9. The summed E-state index contributed by atoms with van der Waals surface area (Å²) in [7, 11) is 1.49. The molecular weight excluding hydrogens is 533 g/mol. The second-order valence-electron chi connectivity index (χ2n) is 9.86. The lowest BCUT2D eigenvalue weighted by atomic mass is 9.92. The van der Waals surface area contributed by atoms with Gasteiger partial charge in [-0.1, -0.05) is 20.8 Å². The van der Waals surface area contributed by atoms with Gasteiger partial charge in [-0.3, -0.25) is 15.1 Å². The van der Waals surface area contributed by atoms with Crippen LogP contribution in [0.25, 0.3) is 15.9 Å². The van der Waals surface area contributed by atoms with E-state index in [1.807, 2.05) is 39.0 Å². The molecule has 0 radical (unpaired) electrons. The van der Waals surface area contributed by atoms with Crippen LogP contribution in [0.4, 0.5) is 20.7 Å². The predicted molar refractivity (Wildman–Crippen MR) is 152 cm³/mol. The maximum atomic E-state index is 14.9. The number of fused-ring (bicyclic) bond motifs is 1. The van der Waals surface area contributed by atoms with Crippen LogP contribution in [-0.4, -0.2) is 38.7 Å². The average Bonchev–Trinajstić information content (AvgIpc) is 3.56. The lowest BCUT2D eigenvalue weighted by Crippen LogP contribution is -2.22. The quantitative estimate of drug-likeness (QED) is 0.231. The van der Waals surface area contributed by atoms with E-state index < -0.39 is 11.8 Å². The number of benzene rings is 2. The van der Waals surface area contributed by atoms with Crippen LogP contribution in [0.3, 0.4) is 0 Å². The summed E-state index contributed by atoms with van der Waals surface area (Å²) >= 11 is 1.54. The van der Waals surface area contributed by atoms with E-state index in [9.17, 15) is 14.0 Å². The fourth-order valence-corrected chi connectivity index (χ4v) is 4.46. The zero-order chi connectivity index (χ0) is 28.4. The number of amides is 3. The van der Waals surface area contributed by atoms with Crippen molar-refractivity contribution in [2.45, 2.75) is 26.2 Å². The standard InChI is InChI=1S/C28H26FN7O3S/c1-28(2,3)24-14-25(36(35-24)16-5-8-23-21(11-16)32-15-40-23)34-27(38)33-20-7-6-17(12-19(20)29)39-18-9-10-31-22(13-18)26(37)30-4/h5-15H,1-4H3,(H,30,37)(H2,33,34,38). The minimum absolute atomic E-state index is 0.0448. The zero-order valence-corrected chi connectivity index (χ0v) is 23.0. The Kier molecular flexibility index (Phi) is 7.18. The Hall–Kier alpha value is -4.84. The van der Waals surface area contributed by atoms with Crippen molar-refractivity contribution in [3.8, 4) is 17.2 Å². The molecular formula is C28H26FN7O3S. The first kappa shape index (κ1) is 26.8. The number of urea groups is 1. The normalized spacial score (nSPS) is 11.3. The van der Waals surface area contributed by atoms with Crippen LogP contribution < -0.4 is 20.7 Å². The topological polar surface area (TPSA) is 123 Å². The number of aromatic nitrogens is 4. The van der Waals surface area contributed by atoms with Crippen LogP contribution in [-0.2, 0) is 5.41 Å². The molecule has 0 spiro atoms. The van der Waals surface area contributed by atoms with Crippen LogP contribution >= 0.6 is 11.3 Å². The van der Waals surface area contributed by atoms with Crippen LogP contribution in [0.1, 0.15) is 37.0 Å². The molecule has 3 N–H and O–H groups in total. The third kappa shape index (κ3) is 5.76. The van der Waals surface area contributed by atoms with Gasteiger partial charge in [0.05, 0.1) is 32.8 Å². The fraction of sp³-hybridized carbons (Fsp3) is 0.179. The van der Waals surface area contributed by atoms with Gasteiger partial charge in [-0.05, 0) is 36.4 Å². The van der Waals surface area contributed by atoms with E-state index in [1.165, 1.54) is 42.8 Å². The van der Waals surface area contributed by atoms with Gasteiger partial charge in [0.2, 0.25) is 0 Å². The first-order chi connectivity index (χ1) is 19.1. The lowest BCUT2D eigenvalue weighted by Gasteiger charge is -2.14. The lowest BCUT2D eigenvalue weighted by molar-refractivity contribution is 0.0957. The van der Waals surface area contributed by atoms with Crippen molar-refractivity contribution in [3.05, 3.63) is 83.5 Å². The van der Waals surface area contributed by atoms with Crippen LogP contribution in [0.2, 0.25) is 0 Å². The molecule has 0 aliphatic carbocycles. The van der Waals surface area contributed by atoms with Crippen molar-refractivity contribution < 1.29 is 18.7 Å². The Morgan fingerprint density at radius 2 is 1.77 bits per heavy atom. The molecule has 2 aromatic carbocycles. The molecule has 5 aromatic rings. The largest absolute Gasteiger partial charge is 0.457 e. The molecule has 0 saturated heterocycles. The van der Waals surface area contributed by atoms with Gasteiger partial charge < -0.3 is 15.4 Å². The van der Waals surface area contributed by atoms with Gasteiger partial charge in [-0.15, -0.1) is 11.3 Å². The van der Waals surface area contributed by atoms with Crippen molar-refractivity contribution in [1.82, 2.24) is 25.1 Å². The van der Waals surface area contributed by atoms with Crippen molar-refractivity contribution >= 4 is 45.0 Å². The van der Waals surface area contributed by atoms with Gasteiger partial charge in [0.25, 0.3) is 5.91 Å². The Morgan fingerprint density at radius 3 is 2.52 bits per heavy atom. The second kappa shape index (κ2) is 10.7. The maximum Gasteiger partial charge on any atom is 0.324 e. The van der Waals surface area contributed by atoms with Gasteiger partial charge >= 0.3 is 6.03 Å². The highest BCUT2D eigenvalue weighted by Crippen LogP contribution is 2.29. The van der Waals surface area contributed by atoms with E-state index >= 15 is 0 Å². The Morgan fingerprint density at radius 1 is 0.975 bits per heavy atom. The molecule has 12 heteroatoms. The predicted octanol–water partition coefficient (Wildman–Crippen LogP) is 6.11. The second-order valence-corrected chi connectivity index (χ2v) is 10.7. The molecule has 10 nitrogen and oxygen atoms in total. The molecule has 0 aliphatic rings. The number of pyridine rings is 1. The van der Waals surface area contributed by atoms with Crippen LogP contribution in [0.5, 0.6) is 11.5 Å². The summed E-state index contributed by atoms with van der Waals surface area (Å²) in [5.41, 5.74) is 3.94. The molecule has 0 aliphatic heterocycles. The highest BCUT2D eigenvalue weighted by Gasteiger charge is 2.22. The van der Waals surface area contributed by atoms with Gasteiger partial charge in [0.1, 0.15) is 28.8 Å². The summed E-state index contributed by atoms with van der Waals surface area (Å²) < 4.78 is 23.3. The first-order valence-corrected chi connectivity index (χ1v) is 13.2. The number of carbonyl (C=O) groups excluding carboxylic acids is 2. The molecule has 3 aromatic heterocycles. The Labute approximate surface area is 233 Å². The summed E-state index contributed by atoms with van der Waals surface area (Å²) in [4.78, 5) is 33.1. The minimum Gasteiger partial charge on any atom is -0.457 e. The average molecular weight is 560 g/mol. The molecule has 0 unspecified atom stereocenters. The van der Waals surface area contributed by atoms with E-state index in [0.717, 1.165) is 27.7 Å². The number of anilines is 2. The summed E-state index contributed by atoms with van der Waals surface area (Å²) in [6.07, 6.45) is 1.42. The molecule has 0 atom stereocenters. The first-order valence-electron chi connectivity index (χ1n) is 12.3. The number of hydrogen-bond donors (Lipinski definition) is 3. The van der Waals surface area contributed by atoms with Crippen molar-refractivity contribution in [1.29, 1.82) is 0 Å². The van der Waals surface area contributed by atoms with Crippen molar-refractivity contribution in [3.63, 3.8) is 0 Å². The van der Waals surface area contributed by atoms with E-state index in [0.29, 0.717) is 11.6 Å². The highest BCUT2D eigenvalue weighted by atomic mass is 32.1. The summed E-state index contributed by atoms with van der Waals surface area (Å²) in [6.45, 7) is 6.08. The number of nitrogens with zero attached hydrogens (tertiary/aromatic N) is 4. The van der Waals surface area contributed by atoms with E-state index in [-0.39, 0.29) is 28.5 Å². The van der Waals surface area contributed by atoms with E-state index in [4.69, 9.17) is 9.84 Å². The molecule has 0 bridgehead atoms. The molecule has 0 fully saturated rings. The fourth-order valence-electron chi connectivity index (χ4n) is 3.80. The van der Waals surface area contributed by atoms with Crippen LogP contribution in [0.15, 0.2) is 66.3 Å². The third-order valence-electron chi connectivity index (χ3n) is 5.89. The molecule has 204 valence electrons. The van der Waals surface area contributed by atoms with E-state index in [1.54, 1.807) is 22.3 Å².